The van der Waals surface area contributed by atoms with E-state index in [1.54, 1.807) is 41.8 Å². The first-order valence-electron chi connectivity index (χ1n) is 8.90. The van der Waals surface area contributed by atoms with Gasteiger partial charge in [0, 0.05) is 30.4 Å². The molecule has 0 saturated carbocycles. The molecular formula is C21H20FNO4. The molecule has 140 valence electrons. The second kappa shape index (κ2) is 8.12. The van der Waals surface area contributed by atoms with E-state index in [2.05, 4.69) is 0 Å². The number of rotatable bonds is 5. The highest BCUT2D eigenvalue weighted by atomic mass is 19.1. The molecule has 0 saturated heterocycles. The lowest BCUT2D eigenvalue weighted by Crippen LogP contribution is -2.31. The number of ketones is 1. The summed E-state index contributed by atoms with van der Waals surface area (Å²) in [6.45, 7) is 2.09. The number of Topliss-reactive ketones (excluding diaryl/α,β-unsaturated/α-hetero) is 1. The van der Waals surface area contributed by atoms with Crippen LogP contribution in [0.25, 0.3) is 6.08 Å². The van der Waals surface area contributed by atoms with Crippen molar-refractivity contribution in [1.29, 1.82) is 0 Å². The number of benzene rings is 1. The number of carbonyl (C=O) groups excluding carboxylic acids is 2. The highest BCUT2D eigenvalue weighted by Gasteiger charge is 2.27. The van der Waals surface area contributed by atoms with Gasteiger partial charge in [-0.2, -0.15) is 0 Å². The number of fused-ring (bicyclic) bond motifs is 1. The van der Waals surface area contributed by atoms with E-state index >= 15 is 0 Å². The van der Waals surface area contributed by atoms with Crippen molar-refractivity contribution < 1.29 is 18.7 Å². The zero-order valence-corrected chi connectivity index (χ0v) is 15.0. The van der Waals surface area contributed by atoms with Gasteiger partial charge >= 0.3 is 5.97 Å². The van der Waals surface area contributed by atoms with Crippen molar-refractivity contribution in [3.05, 3.63) is 75.0 Å². The average Bonchev–Trinajstić information content (AvgIpc) is 2.65. The molecule has 0 atom stereocenters. The number of hydrogen-bond donors (Lipinski definition) is 0. The fraction of sp³-hybridized carbons (Fsp3) is 0.286. The minimum atomic E-state index is -0.740. The predicted molar refractivity (Wildman–Crippen MR) is 99.4 cm³/mol. The molecule has 1 heterocycles. The van der Waals surface area contributed by atoms with Gasteiger partial charge in [0.1, 0.15) is 11.4 Å². The number of halogens is 1. The van der Waals surface area contributed by atoms with Crippen LogP contribution in [0.4, 0.5) is 4.39 Å². The van der Waals surface area contributed by atoms with Crippen molar-refractivity contribution in [2.45, 2.75) is 32.7 Å². The third-order valence-corrected chi connectivity index (χ3v) is 4.49. The maximum atomic E-state index is 13.7. The van der Waals surface area contributed by atoms with E-state index in [1.807, 2.05) is 0 Å². The van der Waals surface area contributed by atoms with Gasteiger partial charge in [-0.05, 0) is 25.8 Å². The van der Waals surface area contributed by atoms with Gasteiger partial charge in [0.15, 0.2) is 5.78 Å². The van der Waals surface area contributed by atoms with Crippen LogP contribution in [0.2, 0.25) is 0 Å². The Balaban J connectivity index is 2.01. The van der Waals surface area contributed by atoms with Gasteiger partial charge in [-0.25, -0.2) is 9.18 Å². The maximum absolute atomic E-state index is 13.7. The first-order valence-corrected chi connectivity index (χ1v) is 8.90. The summed E-state index contributed by atoms with van der Waals surface area (Å²) in [6.07, 6.45) is 6.32. The second-order valence-corrected chi connectivity index (χ2v) is 6.27. The van der Waals surface area contributed by atoms with Gasteiger partial charge in [0.25, 0.3) is 0 Å². The Labute approximate surface area is 156 Å². The molecule has 0 aliphatic heterocycles. The normalized spacial score (nSPS) is 13.6. The summed E-state index contributed by atoms with van der Waals surface area (Å²) in [5.41, 5.74) is 0.412. The smallest absolute Gasteiger partial charge is 0.343 e. The molecule has 5 nitrogen and oxygen atoms in total. The standard InChI is InChI=1S/C21H20FNO4/c1-2-27-21(26)15-13-23(12-6-8-14-7-3-4-9-16(14)22)17-10-5-11-18(24)19(17)20(15)25/h3-4,6-9,13H,2,5,10-12H2,1H3. The Morgan fingerprint density at radius 2 is 2.04 bits per heavy atom. The lowest BCUT2D eigenvalue weighted by molar-refractivity contribution is 0.0523. The zero-order valence-electron chi connectivity index (χ0n) is 15.0. The molecule has 0 N–H and O–H groups in total. The number of carbonyl (C=O) groups is 2. The molecule has 2 aromatic rings. The number of aromatic nitrogens is 1. The molecule has 0 bridgehead atoms. The first-order chi connectivity index (χ1) is 13.0. The van der Waals surface area contributed by atoms with Crippen LogP contribution < -0.4 is 5.43 Å². The van der Waals surface area contributed by atoms with E-state index in [9.17, 15) is 18.8 Å². The Morgan fingerprint density at radius 3 is 2.78 bits per heavy atom. The summed E-state index contributed by atoms with van der Waals surface area (Å²) in [6, 6.07) is 6.38. The molecule has 1 aromatic carbocycles. The van der Waals surface area contributed by atoms with E-state index in [-0.39, 0.29) is 29.3 Å². The lowest BCUT2D eigenvalue weighted by atomic mass is 9.92. The van der Waals surface area contributed by atoms with Crippen molar-refractivity contribution >= 4 is 17.8 Å². The van der Waals surface area contributed by atoms with Crippen LogP contribution >= 0.6 is 0 Å². The molecule has 6 heteroatoms. The van der Waals surface area contributed by atoms with Crippen LogP contribution in [-0.2, 0) is 17.7 Å². The van der Waals surface area contributed by atoms with Crippen molar-refractivity contribution in [3.8, 4) is 0 Å². The van der Waals surface area contributed by atoms with E-state index < -0.39 is 11.4 Å². The highest BCUT2D eigenvalue weighted by Crippen LogP contribution is 2.20. The van der Waals surface area contributed by atoms with Crippen LogP contribution in [-0.4, -0.2) is 22.9 Å². The number of pyridine rings is 1. The summed E-state index contributed by atoms with van der Waals surface area (Å²) in [7, 11) is 0. The SMILES string of the molecule is CCOC(=O)c1cn(CC=Cc2ccccc2F)c2c(c1=O)C(=O)CCC2. The zero-order chi connectivity index (χ0) is 19.4. The van der Waals surface area contributed by atoms with Crippen molar-refractivity contribution in [2.75, 3.05) is 6.61 Å². The molecule has 0 unspecified atom stereocenters. The summed E-state index contributed by atoms with van der Waals surface area (Å²) in [4.78, 5) is 37.1. The van der Waals surface area contributed by atoms with Crippen LogP contribution in [0.1, 0.15) is 51.7 Å². The quantitative estimate of drug-likeness (QED) is 0.758. The van der Waals surface area contributed by atoms with Gasteiger partial charge in [0.2, 0.25) is 5.43 Å². The average molecular weight is 369 g/mol. The van der Waals surface area contributed by atoms with Crippen LogP contribution in [0, 0.1) is 5.82 Å². The molecule has 0 spiro atoms. The van der Waals surface area contributed by atoms with Crippen LogP contribution in [0.5, 0.6) is 0 Å². The van der Waals surface area contributed by atoms with Crippen molar-refractivity contribution in [2.24, 2.45) is 0 Å². The van der Waals surface area contributed by atoms with Crippen molar-refractivity contribution in [1.82, 2.24) is 4.57 Å². The van der Waals surface area contributed by atoms with Gasteiger partial charge < -0.3 is 9.30 Å². The summed E-state index contributed by atoms with van der Waals surface area (Å²) >= 11 is 0. The third-order valence-electron chi connectivity index (χ3n) is 4.49. The van der Waals surface area contributed by atoms with Gasteiger partial charge in [-0.1, -0.05) is 30.4 Å². The molecule has 1 aromatic heterocycles. The summed E-state index contributed by atoms with van der Waals surface area (Å²) < 4.78 is 20.4. The van der Waals surface area contributed by atoms with E-state index in [4.69, 9.17) is 4.74 Å². The highest BCUT2D eigenvalue weighted by molar-refractivity contribution is 6.00. The minimum absolute atomic E-state index is 0.0751. The fourth-order valence-corrected chi connectivity index (χ4v) is 3.22. The summed E-state index contributed by atoms with van der Waals surface area (Å²) in [5, 5.41) is 0. The number of ether oxygens (including phenoxy) is 1. The van der Waals surface area contributed by atoms with Crippen LogP contribution in [0.3, 0.4) is 0 Å². The molecule has 0 radical (unpaired) electrons. The number of allylic oxidation sites excluding steroid dienone is 1. The number of esters is 1. The Kier molecular flexibility index (Phi) is 5.64. The van der Waals surface area contributed by atoms with Gasteiger partial charge in [0.05, 0.1) is 12.2 Å². The van der Waals surface area contributed by atoms with Crippen molar-refractivity contribution in [3.63, 3.8) is 0 Å². The molecule has 3 rings (SSSR count). The fourth-order valence-electron chi connectivity index (χ4n) is 3.22. The number of hydrogen-bond acceptors (Lipinski definition) is 4. The molecule has 27 heavy (non-hydrogen) atoms. The van der Waals surface area contributed by atoms with E-state index in [0.29, 0.717) is 37.1 Å². The second-order valence-electron chi connectivity index (χ2n) is 6.27. The number of nitrogens with zero attached hydrogens (tertiary/aromatic N) is 1. The molecular weight excluding hydrogens is 349 g/mol. The molecule has 0 amide bonds. The molecule has 1 aliphatic carbocycles. The van der Waals surface area contributed by atoms with Gasteiger partial charge in [-0.15, -0.1) is 0 Å². The largest absolute Gasteiger partial charge is 0.462 e. The Morgan fingerprint density at radius 1 is 1.26 bits per heavy atom. The minimum Gasteiger partial charge on any atom is -0.462 e. The molecule has 1 aliphatic rings. The van der Waals surface area contributed by atoms with Gasteiger partial charge in [-0.3, -0.25) is 9.59 Å². The Bertz CT molecular complexity index is 975. The molecule has 0 fully saturated rings. The Hall–Kier alpha value is -3.02. The lowest BCUT2D eigenvalue weighted by Gasteiger charge is -2.20. The summed E-state index contributed by atoms with van der Waals surface area (Å²) in [5.74, 6) is -1.33. The van der Waals surface area contributed by atoms with Crippen LogP contribution in [0.15, 0.2) is 41.3 Å². The third kappa shape index (κ3) is 3.89. The first kappa shape index (κ1) is 18.8. The van der Waals surface area contributed by atoms with E-state index in [0.717, 1.165) is 0 Å². The monoisotopic (exact) mass is 369 g/mol. The topological polar surface area (TPSA) is 65.4 Å². The van der Waals surface area contributed by atoms with E-state index in [1.165, 1.54) is 12.3 Å². The maximum Gasteiger partial charge on any atom is 0.343 e. The predicted octanol–water partition coefficient (Wildman–Crippen LogP) is 3.40.